The van der Waals surface area contributed by atoms with Crippen LogP contribution in [-0.4, -0.2) is 24.4 Å². The van der Waals surface area contributed by atoms with Crippen molar-refractivity contribution in [3.8, 4) is 0 Å². The maximum absolute atomic E-state index is 11.6. The third-order valence-corrected chi connectivity index (χ3v) is 3.65. The minimum Gasteiger partial charge on any atom is -0.350 e. The molecule has 5 nitrogen and oxygen atoms in total. The zero-order chi connectivity index (χ0) is 15.1. The molecule has 1 rings (SSSR count). The number of carbonyl (C=O) groups excluding carboxylic acids is 2. The fourth-order valence-corrected chi connectivity index (χ4v) is 1.91. The van der Waals surface area contributed by atoms with Crippen LogP contribution in [0.25, 0.3) is 0 Å². The molecule has 0 aliphatic carbocycles. The van der Waals surface area contributed by atoms with Crippen LogP contribution in [0.5, 0.6) is 0 Å². The van der Waals surface area contributed by atoms with Gasteiger partial charge in [0.2, 0.25) is 11.8 Å². The molecule has 0 aromatic heterocycles. The lowest BCUT2D eigenvalue weighted by molar-refractivity contribution is -0.127. The number of halogens is 2. The maximum Gasteiger partial charge on any atom is 0.239 e. The molecule has 1 atom stereocenters. The van der Waals surface area contributed by atoms with E-state index in [1.165, 1.54) is 0 Å². The average Bonchev–Trinajstić information content (AvgIpc) is 2.42. The van der Waals surface area contributed by atoms with Crippen LogP contribution < -0.4 is 16.4 Å². The van der Waals surface area contributed by atoms with Gasteiger partial charge >= 0.3 is 0 Å². The number of hydrogen-bond acceptors (Lipinski definition) is 3. The number of hydrogen-bond donors (Lipinski definition) is 3. The summed E-state index contributed by atoms with van der Waals surface area (Å²) in [6.07, 6.45) is 0. The Morgan fingerprint density at radius 2 is 1.86 bits per heavy atom. The van der Waals surface area contributed by atoms with Crippen molar-refractivity contribution in [3.05, 3.63) is 34.3 Å². The van der Waals surface area contributed by atoms with E-state index in [4.69, 9.17) is 5.73 Å². The van der Waals surface area contributed by atoms with Crippen LogP contribution >= 0.6 is 28.3 Å². The second-order valence-corrected chi connectivity index (χ2v) is 5.71. The lowest BCUT2D eigenvalue weighted by Crippen LogP contribution is -2.47. The molecule has 0 unspecified atom stereocenters. The summed E-state index contributed by atoms with van der Waals surface area (Å²) in [6.45, 7) is 4.06. The largest absolute Gasteiger partial charge is 0.350 e. The molecule has 0 heterocycles. The minimum absolute atomic E-state index is 0. The highest BCUT2D eigenvalue weighted by Crippen LogP contribution is 2.15. The molecule has 4 N–H and O–H groups in total. The van der Waals surface area contributed by atoms with Gasteiger partial charge in [0.25, 0.3) is 0 Å². The second kappa shape index (κ2) is 9.76. The van der Waals surface area contributed by atoms with E-state index in [0.29, 0.717) is 6.54 Å². The molecule has 7 heteroatoms. The molecular formula is C14H21BrClN3O2. The Morgan fingerprint density at radius 1 is 1.24 bits per heavy atom. The predicted molar refractivity (Wildman–Crippen MR) is 89.1 cm³/mol. The highest BCUT2D eigenvalue weighted by atomic mass is 79.9. The van der Waals surface area contributed by atoms with Gasteiger partial charge in [-0.25, -0.2) is 0 Å². The summed E-state index contributed by atoms with van der Waals surface area (Å²) in [4.78, 5) is 23.2. The van der Waals surface area contributed by atoms with E-state index in [9.17, 15) is 9.59 Å². The van der Waals surface area contributed by atoms with Crippen molar-refractivity contribution in [1.82, 2.24) is 10.6 Å². The maximum atomic E-state index is 11.6. The van der Waals surface area contributed by atoms with Gasteiger partial charge in [0, 0.05) is 11.0 Å². The van der Waals surface area contributed by atoms with E-state index in [-0.39, 0.29) is 36.7 Å². The first kappa shape index (κ1) is 19.9. The van der Waals surface area contributed by atoms with Crippen molar-refractivity contribution in [2.75, 3.05) is 6.54 Å². The summed E-state index contributed by atoms with van der Waals surface area (Å²) >= 11 is 3.41. The number of benzene rings is 1. The molecule has 0 bridgehead atoms. The van der Waals surface area contributed by atoms with Gasteiger partial charge < -0.3 is 16.4 Å². The number of nitrogens with two attached hydrogens (primary N) is 1. The van der Waals surface area contributed by atoms with Crippen LogP contribution in [0.1, 0.15) is 19.4 Å². The number of nitrogens with one attached hydrogen (secondary N) is 2. The smallest absolute Gasteiger partial charge is 0.239 e. The number of rotatable bonds is 6. The van der Waals surface area contributed by atoms with Gasteiger partial charge in [0.05, 0.1) is 12.6 Å². The van der Waals surface area contributed by atoms with Gasteiger partial charge in [-0.05, 0) is 17.5 Å². The predicted octanol–water partition coefficient (Wildman–Crippen LogP) is 1.59. The van der Waals surface area contributed by atoms with Crippen molar-refractivity contribution >= 4 is 40.2 Å². The average molecular weight is 379 g/mol. The minimum atomic E-state index is -0.592. The Bertz CT molecular complexity index is 483. The van der Waals surface area contributed by atoms with Crippen molar-refractivity contribution in [2.24, 2.45) is 11.7 Å². The SMILES string of the molecule is CC(C)[C@H](N)C(=O)NCC(=O)NCc1ccccc1Br.Cl. The zero-order valence-corrected chi connectivity index (χ0v) is 14.5. The Hall–Kier alpha value is -1.11. The van der Waals surface area contributed by atoms with Gasteiger partial charge in [-0.3, -0.25) is 9.59 Å². The molecule has 0 saturated carbocycles. The van der Waals surface area contributed by atoms with Crippen molar-refractivity contribution in [2.45, 2.75) is 26.4 Å². The first-order valence-corrected chi connectivity index (χ1v) is 7.24. The molecule has 0 radical (unpaired) electrons. The highest BCUT2D eigenvalue weighted by molar-refractivity contribution is 9.10. The van der Waals surface area contributed by atoms with Gasteiger partial charge in [0.15, 0.2) is 0 Å². The zero-order valence-electron chi connectivity index (χ0n) is 12.1. The lowest BCUT2D eigenvalue weighted by atomic mass is 10.1. The molecule has 0 saturated heterocycles. The second-order valence-electron chi connectivity index (χ2n) is 4.86. The van der Waals surface area contributed by atoms with E-state index in [1.807, 2.05) is 38.1 Å². The van der Waals surface area contributed by atoms with Gasteiger partial charge in [-0.2, -0.15) is 0 Å². The van der Waals surface area contributed by atoms with Gasteiger partial charge in [-0.1, -0.05) is 48.0 Å². The summed E-state index contributed by atoms with van der Waals surface area (Å²) in [7, 11) is 0. The Balaban J connectivity index is 0.00000400. The molecule has 2 amide bonds. The summed E-state index contributed by atoms with van der Waals surface area (Å²) in [6, 6.07) is 7.03. The van der Waals surface area contributed by atoms with E-state index >= 15 is 0 Å². The molecule has 0 spiro atoms. The van der Waals surface area contributed by atoms with Crippen LogP contribution in [0.3, 0.4) is 0 Å². The molecule has 1 aromatic carbocycles. The lowest BCUT2D eigenvalue weighted by Gasteiger charge is -2.15. The van der Waals surface area contributed by atoms with Gasteiger partial charge in [-0.15, -0.1) is 12.4 Å². The summed E-state index contributed by atoms with van der Waals surface area (Å²) in [5, 5.41) is 5.27. The fraction of sp³-hybridized carbons (Fsp3) is 0.429. The van der Waals surface area contributed by atoms with Crippen molar-refractivity contribution in [1.29, 1.82) is 0 Å². The Morgan fingerprint density at radius 3 is 2.43 bits per heavy atom. The van der Waals surface area contributed by atoms with Crippen LogP contribution in [0.4, 0.5) is 0 Å². The third kappa shape index (κ3) is 6.93. The topological polar surface area (TPSA) is 84.2 Å². The molecule has 0 aliphatic heterocycles. The van der Waals surface area contributed by atoms with Gasteiger partial charge in [0.1, 0.15) is 0 Å². The van der Waals surface area contributed by atoms with Crippen LogP contribution in [-0.2, 0) is 16.1 Å². The normalized spacial score (nSPS) is 11.5. The molecule has 21 heavy (non-hydrogen) atoms. The first-order valence-electron chi connectivity index (χ1n) is 6.45. The molecule has 1 aromatic rings. The third-order valence-electron chi connectivity index (χ3n) is 2.88. The van der Waals surface area contributed by atoms with Crippen molar-refractivity contribution < 1.29 is 9.59 Å². The Kier molecular flexibility index (Phi) is 9.24. The molecule has 118 valence electrons. The van der Waals surface area contributed by atoms with Crippen LogP contribution in [0, 0.1) is 5.92 Å². The standard InChI is InChI=1S/C14H20BrN3O2.ClH/c1-9(2)13(16)14(20)18-8-12(19)17-7-10-5-3-4-6-11(10)15;/h3-6,9,13H,7-8,16H2,1-2H3,(H,17,19)(H,18,20);1H/t13-;/m0./s1. The highest BCUT2D eigenvalue weighted by Gasteiger charge is 2.17. The molecule has 0 fully saturated rings. The van der Waals surface area contributed by atoms with Crippen LogP contribution in [0.2, 0.25) is 0 Å². The summed E-state index contributed by atoms with van der Waals surface area (Å²) in [5.74, 6) is -0.514. The van der Waals surface area contributed by atoms with E-state index < -0.39 is 6.04 Å². The quantitative estimate of drug-likeness (QED) is 0.703. The monoisotopic (exact) mass is 377 g/mol. The first-order chi connectivity index (χ1) is 9.41. The Labute approximate surface area is 139 Å². The number of carbonyl (C=O) groups is 2. The van der Waals surface area contributed by atoms with E-state index in [0.717, 1.165) is 10.0 Å². The van der Waals surface area contributed by atoms with Crippen molar-refractivity contribution in [3.63, 3.8) is 0 Å². The van der Waals surface area contributed by atoms with E-state index in [1.54, 1.807) is 0 Å². The molecular weight excluding hydrogens is 358 g/mol. The number of amides is 2. The van der Waals surface area contributed by atoms with Crippen LogP contribution in [0.15, 0.2) is 28.7 Å². The molecule has 0 aliphatic rings. The van der Waals surface area contributed by atoms with E-state index in [2.05, 4.69) is 26.6 Å². The summed E-state index contributed by atoms with van der Waals surface area (Å²) in [5.41, 5.74) is 6.66. The summed E-state index contributed by atoms with van der Waals surface area (Å²) < 4.78 is 0.936. The fourth-order valence-electron chi connectivity index (χ4n) is 1.49.